The molecule has 1 saturated heterocycles. The predicted octanol–water partition coefficient (Wildman–Crippen LogP) is 4.95. The molecule has 0 radical (unpaired) electrons. The number of carbonyl (C=O) groups excluding carboxylic acids is 1. The first-order chi connectivity index (χ1) is 9.29. The number of nitrogens with zero attached hydrogens (tertiary/aromatic N) is 1. The van der Waals surface area contributed by atoms with Gasteiger partial charge in [-0.25, -0.2) is 0 Å². The summed E-state index contributed by atoms with van der Waals surface area (Å²) in [5.74, 6) is 0.869. The molecule has 1 aromatic carbocycles. The van der Waals surface area contributed by atoms with Crippen LogP contribution in [0.3, 0.4) is 0 Å². The Balaban J connectivity index is 2.07. The van der Waals surface area contributed by atoms with Crippen LogP contribution in [0.1, 0.15) is 44.0 Å². The lowest BCUT2D eigenvalue weighted by molar-refractivity contribution is 0.0608. The van der Waals surface area contributed by atoms with Crippen molar-refractivity contribution in [1.82, 2.24) is 4.90 Å². The van der Waals surface area contributed by atoms with Gasteiger partial charge in [-0.1, -0.05) is 20.8 Å². The van der Waals surface area contributed by atoms with Gasteiger partial charge in [-0.3, -0.25) is 4.79 Å². The molecule has 2 nitrogen and oxygen atoms in total. The van der Waals surface area contributed by atoms with Gasteiger partial charge in [0.2, 0.25) is 0 Å². The molecule has 1 aliphatic heterocycles. The predicted molar refractivity (Wildman–Crippen MR) is 94.9 cm³/mol. The second kappa shape index (κ2) is 6.34. The minimum absolute atomic E-state index is 0.155. The van der Waals surface area contributed by atoms with Crippen LogP contribution in [0, 0.1) is 14.9 Å². The molecular formula is C16H21BrINO. The average molecular weight is 450 g/mol. The van der Waals surface area contributed by atoms with Crippen LogP contribution in [0.5, 0.6) is 0 Å². The highest BCUT2D eigenvalue weighted by molar-refractivity contribution is 14.1. The highest BCUT2D eigenvalue weighted by atomic mass is 127. The van der Waals surface area contributed by atoms with Crippen molar-refractivity contribution in [2.75, 3.05) is 13.1 Å². The number of amides is 1. The minimum atomic E-state index is 0.155. The molecule has 0 saturated carbocycles. The molecule has 1 aromatic rings. The van der Waals surface area contributed by atoms with Crippen molar-refractivity contribution in [2.45, 2.75) is 33.6 Å². The van der Waals surface area contributed by atoms with Crippen LogP contribution in [-0.2, 0) is 0 Å². The molecule has 0 aromatic heterocycles. The Labute approximate surface area is 143 Å². The molecule has 2 rings (SSSR count). The topological polar surface area (TPSA) is 20.3 Å². The fourth-order valence-corrected chi connectivity index (χ4v) is 3.69. The van der Waals surface area contributed by atoms with Crippen LogP contribution < -0.4 is 0 Å². The van der Waals surface area contributed by atoms with Gasteiger partial charge in [0.05, 0.1) is 5.56 Å². The molecule has 1 heterocycles. The number of hydrogen-bond acceptors (Lipinski definition) is 1. The highest BCUT2D eigenvalue weighted by Gasteiger charge is 2.31. The number of rotatable bonds is 1. The quantitative estimate of drug-likeness (QED) is 0.555. The largest absolute Gasteiger partial charge is 0.339 e. The third kappa shape index (κ3) is 3.75. The molecule has 110 valence electrons. The van der Waals surface area contributed by atoms with Crippen molar-refractivity contribution >= 4 is 44.4 Å². The van der Waals surface area contributed by atoms with Crippen molar-refractivity contribution in [1.29, 1.82) is 0 Å². The van der Waals surface area contributed by atoms with Gasteiger partial charge in [-0.05, 0) is 80.9 Å². The molecule has 1 amide bonds. The summed E-state index contributed by atoms with van der Waals surface area (Å²) in [6.45, 7) is 8.64. The molecule has 20 heavy (non-hydrogen) atoms. The van der Waals surface area contributed by atoms with Crippen molar-refractivity contribution in [3.8, 4) is 0 Å². The first kappa shape index (κ1) is 16.3. The summed E-state index contributed by atoms with van der Waals surface area (Å²) >= 11 is 5.74. The molecule has 4 heteroatoms. The van der Waals surface area contributed by atoms with Gasteiger partial charge >= 0.3 is 0 Å². The summed E-state index contributed by atoms with van der Waals surface area (Å²) in [6.07, 6.45) is 2.22. The zero-order valence-electron chi connectivity index (χ0n) is 12.2. The summed E-state index contributed by atoms with van der Waals surface area (Å²) in [6, 6.07) is 5.92. The van der Waals surface area contributed by atoms with Crippen LogP contribution >= 0.6 is 38.5 Å². The smallest absolute Gasteiger partial charge is 0.255 e. The molecule has 0 aliphatic carbocycles. The average Bonchev–Trinajstić information content (AvgIpc) is 2.40. The Morgan fingerprint density at radius 3 is 2.45 bits per heavy atom. The van der Waals surface area contributed by atoms with E-state index >= 15 is 0 Å². The maximum absolute atomic E-state index is 12.6. The molecule has 0 N–H and O–H groups in total. The fraction of sp³-hybridized carbons (Fsp3) is 0.562. The van der Waals surface area contributed by atoms with E-state index in [1.807, 2.05) is 23.1 Å². The van der Waals surface area contributed by atoms with Crippen molar-refractivity contribution in [2.24, 2.45) is 11.3 Å². The lowest BCUT2D eigenvalue weighted by Gasteiger charge is -2.38. The molecule has 0 atom stereocenters. The Bertz CT molecular complexity index is 502. The van der Waals surface area contributed by atoms with E-state index in [2.05, 4.69) is 59.3 Å². The molecule has 0 bridgehead atoms. The van der Waals surface area contributed by atoms with Gasteiger partial charge < -0.3 is 4.90 Å². The van der Waals surface area contributed by atoms with Crippen molar-refractivity contribution < 1.29 is 4.79 Å². The second-order valence-corrected chi connectivity index (χ2v) is 8.66. The lowest BCUT2D eigenvalue weighted by Crippen LogP contribution is -2.41. The van der Waals surface area contributed by atoms with Crippen molar-refractivity contribution in [3.63, 3.8) is 0 Å². The highest BCUT2D eigenvalue weighted by Crippen LogP contribution is 2.35. The molecule has 1 aliphatic rings. The Kier molecular flexibility index (Phi) is 5.16. The lowest BCUT2D eigenvalue weighted by atomic mass is 9.75. The van der Waals surface area contributed by atoms with E-state index in [0.717, 1.165) is 39.5 Å². The van der Waals surface area contributed by atoms with Gasteiger partial charge in [0.15, 0.2) is 0 Å². The molecule has 0 unspecified atom stereocenters. The van der Waals surface area contributed by atoms with Crippen LogP contribution in [0.15, 0.2) is 22.7 Å². The summed E-state index contributed by atoms with van der Waals surface area (Å²) in [5.41, 5.74) is 1.13. The number of likely N-dealkylation sites (tertiary alicyclic amines) is 1. The number of benzene rings is 1. The Hall–Kier alpha value is -0.100. The normalized spacial score (nSPS) is 17.4. The fourth-order valence-electron chi connectivity index (χ4n) is 2.78. The van der Waals surface area contributed by atoms with E-state index in [1.165, 1.54) is 0 Å². The van der Waals surface area contributed by atoms with Gasteiger partial charge in [-0.15, -0.1) is 0 Å². The molecule has 0 spiro atoms. The van der Waals surface area contributed by atoms with Gasteiger partial charge in [0.1, 0.15) is 0 Å². The SMILES string of the molecule is CC(C)(C)C1CCN(C(=O)c2cc(I)ccc2Br)CC1. The van der Waals surface area contributed by atoms with E-state index in [1.54, 1.807) is 0 Å². The monoisotopic (exact) mass is 449 g/mol. The third-order valence-corrected chi connectivity index (χ3v) is 5.53. The van der Waals surface area contributed by atoms with E-state index < -0.39 is 0 Å². The zero-order valence-corrected chi connectivity index (χ0v) is 16.0. The van der Waals surface area contributed by atoms with Crippen LogP contribution in [-0.4, -0.2) is 23.9 Å². The van der Waals surface area contributed by atoms with Gasteiger partial charge in [-0.2, -0.15) is 0 Å². The summed E-state index contributed by atoms with van der Waals surface area (Å²) in [7, 11) is 0. The van der Waals surface area contributed by atoms with Crippen LogP contribution in [0.25, 0.3) is 0 Å². The van der Waals surface area contributed by atoms with Gasteiger partial charge in [0.25, 0.3) is 5.91 Å². The molecular weight excluding hydrogens is 429 g/mol. The second-order valence-electron chi connectivity index (χ2n) is 6.56. The zero-order chi connectivity index (χ0) is 14.9. The van der Waals surface area contributed by atoms with E-state index in [9.17, 15) is 4.79 Å². The summed E-state index contributed by atoms with van der Waals surface area (Å²) < 4.78 is 1.99. The third-order valence-electron chi connectivity index (χ3n) is 4.17. The number of piperidine rings is 1. The Morgan fingerprint density at radius 1 is 1.30 bits per heavy atom. The number of carbonyl (C=O) groups is 1. The Morgan fingerprint density at radius 2 is 1.90 bits per heavy atom. The van der Waals surface area contributed by atoms with E-state index in [4.69, 9.17) is 0 Å². The maximum Gasteiger partial charge on any atom is 0.255 e. The van der Waals surface area contributed by atoms with Crippen LogP contribution in [0.2, 0.25) is 0 Å². The number of halogens is 2. The van der Waals surface area contributed by atoms with Crippen molar-refractivity contribution in [3.05, 3.63) is 31.8 Å². The minimum Gasteiger partial charge on any atom is -0.339 e. The van der Waals surface area contributed by atoms with E-state index in [0.29, 0.717) is 11.3 Å². The first-order valence-electron chi connectivity index (χ1n) is 7.03. The van der Waals surface area contributed by atoms with E-state index in [-0.39, 0.29) is 5.91 Å². The maximum atomic E-state index is 12.6. The van der Waals surface area contributed by atoms with Crippen LogP contribution in [0.4, 0.5) is 0 Å². The van der Waals surface area contributed by atoms with Gasteiger partial charge in [0, 0.05) is 21.1 Å². The summed E-state index contributed by atoms with van der Waals surface area (Å²) in [5, 5.41) is 0. The summed E-state index contributed by atoms with van der Waals surface area (Å²) in [4.78, 5) is 14.6. The number of hydrogen-bond donors (Lipinski definition) is 0. The first-order valence-corrected chi connectivity index (χ1v) is 8.90. The molecule has 1 fully saturated rings. The standard InChI is InChI=1S/C16H21BrINO/c1-16(2,3)11-6-8-19(9-7-11)15(20)13-10-12(18)4-5-14(13)17/h4-5,10-11H,6-9H2,1-3H3.